The number of aryl methyl sites for hydroxylation is 1. The largest absolute Gasteiger partial charge is 0.453 e. The van der Waals surface area contributed by atoms with Gasteiger partial charge in [0.05, 0.1) is 11.3 Å². The number of benzene rings is 2. The van der Waals surface area contributed by atoms with Crippen LogP contribution in [0, 0.1) is 17.1 Å². The Kier molecular flexibility index (Phi) is 6.24. The summed E-state index contributed by atoms with van der Waals surface area (Å²) in [5, 5.41) is 11.6. The summed E-state index contributed by atoms with van der Waals surface area (Å²) in [7, 11) is 0. The van der Waals surface area contributed by atoms with Gasteiger partial charge in [-0.15, -0.1) is 0 Å². The molecule has 0 fully saturated rings. The highest BCUT2D eigenvalue weighted by atomic mass is 19.1. The number of carbonyl (C=O) groups excluding carboxylic acids is 2. The van der Waals surface area contributed by atoms with E-state index < -0.39 is 18.0 Å². The number of esters is 1. The van der Waals surface area contributed by atoms with E-state index >= 15 is 0 Å². The number of nitrogens with one attached hydrogen (secondary N) is 1. The summed E-state index contributed by atoms with van der Waals surface area (Å²) in [6.45, 7) is 1.46. The number of nitrogens with zero attached hydrogens (tertiary/aromatic N) is 1. The molecule has 1 atom stereocenters. The first-order valence-electron chi connectivity index (χ1n) is 7.73. The smallest absolute Gasteiger partial charge is 0.306 e. The molecule has 0 aromatic heterocycles. The number of halogens is 1. The fraction of sp³-hybridized carbons (Fsp3) is 0.211. The Labute approximate surface area is 145 Å². The molecule has 0 aliphatic heterocycles. The number of hydrogen-bond acceptors (Lipinski definition) is 4. The molecule has 25 heavy (non-hydrogen) atoms. The Balaban J connectivity index is 1.84. The van der Waals surface area contributed by atoms with Crippen LogP contribution in [0.2, 0.25) is 0 Å². The summed E-state index contributed by atoms with van der Waals surface area (Å²) in [5.41, 5.74) is 1.49. The lowest BCUT2D eigenvalue weighted by Gasteiger charge is -2.14. The van der Waals surface area contributed by atoms with Gasteiger partial charge in [-0.05, 0) is 43.2 Å². The van der Waals surface area contributed by atoms with Crippen LogP contribution in [0.5, 0.6) is 0 Å². The molecule has 2 aromatic carbocycles. The third kappa shape index (κ3) is 5.43. The normalized spacial score (nSPS) is 11.2. The first kappa shape index (κ1) is 18.1. The second kappa shape index (κ2) is 8.60. The summed E-state index contributed by atoms with van der Waals surface area (Å²) in [4.78, 5) is 23.9. The van der Waals surface area contributed by atoms with Crippen LogP contribution in [0.4, 0.5) is 10.1 Å². The van der Waals surface area contributed by atoms with Crippen LogP contribution in [0.15, 0.2) is 48.5 Å². The van der Waals surface area contributed by atoms with Gasteiger partial charge in [0.15, 0.2) is 6.10 Å². The van der Waals surface area contributed by atoms with Crippen LogP contribution >= 0.6 is 0 Å². The molecule has 0 bridgehead atoms. The fourth-order valence-electron chi connectivity index (χ4n) is 2.13. The molecule has 0 heterocycles. The maximum Gasteiger partial charge on any atom is 0.306 e. The Bertz CT molecular complexity index is 797. The van der Waals surface area contributed by atoms with Crippen molar-refractivity contribution in [1.29, 1.82) is 5.26 Å². The Morgan fingerprint density at radius 2 is 1.88 bits per heavy atom. The topological polar surface area (TPSA) is 79.2 Å². The SMILES string of the molecule is C[C@H](OC(=O)CCc1ccc(F)cc1)C(=O)Nc1ccccc1C#N. The van der Waals surface area contributed by atoms with Crippen molar-refractivity contribution < 1.29 is 18.7 Å². The monoisotopic (exact) mass is 340 g/mol. The maximum absolute atomic E-state index is 12.8. The van der Waals surface area contributed by atoms with E-state index in [0.29, 0.717) is 17.7 Å². The highest BCUT2D eigenvalue weighted by molar-refractivity contribution is 5.96. The van der Waals surface area contributed by atoms with Crippen molar-refractivity contribution in [3.8, 4) is 6.07 Å². The van der Waals surface area contributed by atoms with Crippen molar-refractivity contribution in [1.82, 2.24) is 0 Å². The van der Waals surface area contributed by atoms with Crippen molar-refractivity contribution in [2.24, 2.45) is 0 Å². The van der Waals surface area contributed by atoms with E-state index in [2.05, 4.69) is 5.32 Å². The van der Waals surface area contributed by atoms with Gasteiger partial charge in [0.1, 0.15) is 11.9 Å². The number of ether oxygens (including phenoxy) is 1. The third-order valence-corrected chi connectivity index (χ3v) is 3.51. The van der Waals surface area contributed by atoms with Crippen molar-refractivity contribution in [3.05, 3.63) is 65.5 Å². The number of nitriles is 1. The van der Waals surface area contributed by atoms with Crippen molar-refractivity contribution >= 4 is 17.6 Å². The molecule has 1 amide bonds. The predicted molar refractivity (Wildman–Crippen MR) is 90.1 cm³/mol. The van der Waals surface area contributed by atoms with Gasteiger partial charge in [0, 0.05) is 6.42 Å². The third-order valence-electron chi connectivity index (χ3n) is 3.51. The van der Waals surface area contributed by atoms with Crippen LogP contribution in [0.25, 0.3) is 0 Å². The van der Waals surface area contributed by atoms with Crippen LogP contribution < -0.4 is 5.32 Å². The van der Waals surface area contributed by atoms with E-state index in [4.69, 9.17) is 10.00 Å². The zero-order valence-electron chi connectivity index (χ0n) is 13.7. The van der Waals surface area contributed by atoms with E-state index in [0.717, 1.165) is 5.56 Å². The first-order valence-corrected chi connectivity index (χ1v) is 7.73. The number of para-hydroxylation sites is 1. The van der Waals surface area contributed by atoms with E-state index in [9.17, 15) is 14.0 Å². The number of amides is 1. The lowest BCUT2D eigenvalue weighted by atomic mass is 10.1. The van der Waals surface area contributed by atoms with Gasteiger partial charge in [-0.3, -0.25) is 9.59 Å². The summed E-state index contributed by atoms with van der Waals surface area (Å²) in [6.07, 6.45) is -0.518. The van der Waals surface area contributed by atoms with Gasteiger partial charge in [-0.1, -0.05) is 24.3 Å². The Morgan fingerprint density at radius 3 is 2.56 bits per heavy atom. The molecule has 2 rings (SSSR count). The molecule has 5 nitrogen and oxygen atoms in total. The molecule has 0 unspecified atom stereocenters. The minimum absolute atomic E-state index is 0.0814. The molecule has 0 saturated heterocycles. The highest BCUT2D eigenvalue weighted by Gasteiger charge is 2.18. The summed E-state index contributed by atoms with van der Waals surface area (Å²) in [6, 6.07) is 14.4. The second-order valence-corrected chi connectivity index (χ2v) is 5.41. The zero-order chi connectivity index (χ0) is 18.2. The van der Waals surface area contributed by atoms with E-state index in [1.165, 1.54) is 19.1 Å². The number of hydrogen-bond donors (Lipinski definition) is 1. The zero-order valence-corrected chi connectivity index (χ0v) is 13.7. The molecule has 0 spiro atoms. The van der Waals surface area contributed by atoms with Crippen molar-refractivity contribution in [2.45, 2.75) is 25.9 Å². The fourth-order valence-corrected chi connectivity index (χ4v) is 2.13. The van der Waals surface area contributed by atoms with E-state index in [1.54, 1.807) is 36.4 Å². The summed E-state index contributed by atoms with van der Waals surface area (Å²) < 4.78 is 17.9. The number of carbonyl (C=O) groups is 2. The van der Waals surface area contributed by atoms with Crippen LogP contribution in [0.3, 0.4) is 0 Å². The van der Waals surface area contributed by atoms with Gasteiger partial charge in [-0.25, -0.2) is 4.39 Å². The van der Waals surface area contributed by atoms with Gasteiger partial charge < -0.3 is 10.1 Å². The van der Waals surface area contributed by atoms with Gasteiger partial charge in [0.25, 0.3) is 5.91 Å². The standard InChI is InChI=1S/C19H17FN2O3/c1-13(19(24)22-17-5-3-2-4-15(17)12-21)25-18(23)11-8-14-6-9-16(20)10-7-14/h2-7,9-10,13H,8,11H2,1H3,(H,22,24)/t13-/m0/s1. The first-order chi connectivity index (χ1) is 12.0. The van der Waals surface area contributed by atoms with Crippen LogP contribution in [-0.4, -0.2) is 18.0 Å². The summed E-state index contributed by atoms with van der Waals surface area (Å²) >= 11 is 0. The number of rotatable bonds is 6. The highest BCUT2D eigenvalue weighted by Crippen LogP contribution is 2.14. The van der Waals surface area contributed by atoms with Crippen molar-refractivity contribution in [2.75, 3.05) is 5.32 Å². The van der Waals surface area contributed by atoms with Gasteiger partial charge in [0.2, 0.25) is 0 Å². The van der Waals surface area contributed by atoms with E-state index in [1.807, 2.05) is 6.07 Å². The molecule has 128 valence electrons. The average Bonchev–Trinajstić information content (AvgIpc) is 2.61. The lowest BCUT2D eigenvalue weighted by Crippen LogP contribution is -2.30. The van der Waals surface area contributed by atoms with E-state index in [-0.39, 0.29) is 12.2 Å². The molecule has 0 saturated carbocycles. The molecule has 1 N–H and O–H groups in total. The molecular weight excluding hydrogens is 323 g/mol. The number of anilines is 1. The van der Waals surface area contributed by atoms with Gasteiger partial charge in [-0.2, -0.15) is 5.26 Å². The quantitative estimate of drug-likeness (QED) is 0.819. The minimum Gasteiger partial charge on any atom is -0.453 e. The Morgan fingerprint density at radius 1 is 1.20 bits per heavy atom. The van der Waals surface area contributed by atoms with Gasteiger partial charge >= 0.3 is 5.97 Å². The van der Waals surface area contributed by atoms with Crippen LogP contribution in [0.1, 0.15) is 24.5 Å². The minimum atomic E-state index is -0.993. The predicted octanol–water partition coefficient (Wildman–Crippen LogP) is 3.20. The second-order valence-electron chi connectivity index (χ2n) is 5.41. The maximum atomic E-state index is 12.8. The molecule has 6 heteroatoms. The van der Waals surface area contributed by atoms with Crippen LogP contribution in [-0.2, 0) is 20.7 Å². The average molecular weight is 340 g/mol. The molecule has 2 aromatic rings. The molecule has 0 aliphatic rings. The molecule has 0 radical (unpaired) electrons. The lowest BCUT2D eigenvalue weighted by molar-refractivity contribution is -0.153. The summed E-state index contributed by atoms with van der Waals surface area (Å²) in [5.74, 6) is -1.38. The van der Waals surface area contributed by atoms with Crippen molar-refractivity contribution in [3.63, 3.8) is 0 Å². The Hall–Kier alpha value is -3.20. The molecule has 0 aliphatic carbocycles. The molecular formula is C19H17FN2O3.